The molecule has 15 nitrogen and oxygen atoms in total. The van der Waals surface area contributed by atoms with Crippen molar-refractivity contribution in [3.05, 3.63) is 71.8 Å². The molecule has 0 aliphatic carbocycles. The number of carbonyl (C=O) groups is 5. The Bertz CT molecular complexity index is 893. The Hall–Kier alpha value is -5.21. The molecule has 208 valence electrons. The van der Waals surface area contributed by atoms with Gasteiger partial charge in [-0.3, -0.25) is 0 Å². The summed E-state index contributed by atoms with van der Waals surface area (Å²) in [4.78, 5) is 50.9. The molecule has 15 heteroatoms. The van der Waals surface area contributed by atoms with Gasteiger partial charge in [0.1, 0.15) is 26.4 Å². The van der Waals surface area contributed by atoms with Gasteiger partial charge < -0.3 is 52.7 Å². The van der Waals surface area contributed by atoms with Crippen LogP contribution in [0.1, 0.15) is 23.0 Å². The molecule has 2 aromatic rings. The zero-order chi connectivity index (χ0) is 28.9. The van der Waals surface area contributed by atoms with E-state index in [9.17, 15) is 19.2 Å². The van der Waals surface area contributed by atoms with Gasteiger partial charge in [0.2, 0.25) is 0 Å². The van der Waals surface area contributed by atoms with Gasteiger partial charge in [0, 0.05) is 0 Å². The molecule has 0 fully saturated rings. The van der Waals surface area contributed by atoms with Crippen LogP contribution in [0.15, 0.2) is 60.7 Å². The normalized spacial score (nSPS) is 9.53. The molecule has 0 spiro atoms. The van der Waals surface area contributed by atoms with Gasteiger partial charge in [-0.1, -0.05) is 60.7 Å². The van der Waals surface area contributed by atoms with Gasteiger partial charge in [0.15, 0.2) is 0 Å². The fourth-order valence-corrected chi connectivity index (χ4v) is 2.66. The van der Waals surface area contributed by atoms with E-state index in [4.69, 9.17) is 51.8 Å². The maximum atomic E-state index is 10.5. The highest BCUT2D eigenvalue weighted by molar-refractivity contribution is 5.66. The average molecular weight is 538 g/mol. The maximum absolute atomic E-state index is 10.5. The Morgan fingerprint density at radius 2 is 0.737 bits per heavy atom. The quantitative estimate of drug-likeness (QED) is 0.238. The predicted molar refractivity (Wildman–Crippen MR) is 133 cm³/mol. The van der Waals surface area contributed by atoms with E-state index in [0.717, 1.165) is 11.1 Å². The molecular weight excluding hydrogens is 506 g/mol. The van der Waals surface area contributed by atoms with Gasteiger partial charge in [-0.25, -0.2) is 24.0 Å². The Morgan fingerprint density at radius 3 is 0.921 bits per heavy atom. The number of amides is 5. The molecule has 2 rings (SSSR count). The summed E-state index contributed by atoms with van der Waals surface area (Å²) in [6, 6.07) is 18.4. The van der Waals surface area contributed by atoms with Crippen molar-refractivity contribution in [2.24, 2.45) is 28.7 Å². The molecule has 0 radical (unpaired) electrons. The van der Waals surface area contributed by atoms with Crippen LogP contribution in [-0.4, -0.2) is 62.0 Å². The lowest BCUT2D eigenvalue weighted by Gasteiger charge is -2.16. The highest BCUT2D eigenvalue weighted by Gasteiger charge is 2.16. The van der Waals surface area contributed by atoms with Crippen molar-refractivity contribution in [1.29, 1.82) is 0 Å². The zero-order valence-corrected chi connectivity index (χ0v) is 20.3. The fraction of sp³-hybridized carbons (Fsp3) is 0.261. The number of primary amides is 5. The number of carbonyl (C=O) groups excluding carboxylic acids is 4. The molecule has 2 aromatic carbocycles. The second-order valence-electron chi connectivity index (χ2n) is 7.07. The Labute approximate surface area is 217 Å². The van der Waals surface area contributed by atoms with E-state index < -0.39 is 30.5 Å². The Kier molecular flexibility index (Phi) is 16.4. The van der Waals surface area contributed by atoms with E-state index >= 15 is 0 Å². The first-order chi connectivity index (χ1) is 17.9. The lowest BCUT2D eigenvalue weighted by atomic mass is 10.0. The molecule has 0 saturated heterocycles. The SMILES string of the molecule is NC(=O)O.NC(=O)OCC(COC(N)=O)c1ccccc1.NC(=O)OCC(COC(N)=O)c1ccccc1. The third kappa shape index (κ3) is 18.2. The van der Waals surface area contributed by atoms with E-state index in [2.05, 4.69) is 5.73 Å². The number of benzene rings is 2. The van der Waals surface area contributed by atoms with Crippen molar-refractivity contribution in [3.63, 3.8) is 0 Å². The molecule has 0 bridgehead atoms. The number of ether oxygens (including phenoxy) is 4. The molecule has 0 unspecified atom stereocenters. The first-order valence-corrected chi connectivity index (χ1v) is 10.7. The van der Waals surface area contributed by atoms with Gasteiger partial charge in [0.05, 0.1) is 11.8 Å². The van der Waals surface area contributed by atoms with Gasteiger partial charge in [-0.2, -0.15) is 0 Å². The van der Waals surface area contributed by atoms with Crippen LogP contribution >= 0.6 is 0 Å². The molecule has 0 aliphatic rings. The maximum Gasteiger partial charge on any atom is 0.404 e. The summed E-state index contributed by atoms with van der Waals surface area (Å²) in [5.74, 6) is -0.563. The molecule has 0 saturated carbocycles. The summed E-state index contributed by atoms with van der Waals surface area (Å²) < 4.78 is 18.8. The van der Waals surface area contributed by atoms with Crippen molar-refractivity contribution in [1.82, 2.24) is 0 Å². The monoisotopic (exact) mass is 537 g/mol. The van der Waals surface area contributed by atoms with Gasteiger partial charge in [-0.15, -0.1) is 0 Å². The lowest BCUT2D eigenvalue weighted by Crippen LogP contribution is -2.23. The van der Waals surface area contributed by atoms with Crippen LogP contribution in [0.3, 0.4) is 0 Å². The van der Waals surface area contributed by atoms with Gasteiger partial charge in [0.25, 0.3) is 0 Å². The summed E-state index contributed by atoms with van der Waals surface area (Å²) in [5.41, 5.74) is 25.3. The fourth-order valence-electron chi connectivity index (χ4n) is 2.66. The summed E-state index contributed by atoms with van der Waals surface area (Å²) in [6.07, 6.45) is -4.81. The van der Waals surface area contributed by atoms with Crippen LogP contribution in [0.4, 0.5) is 24.0 Å². The topological polar surface area (TPSA) is 273 Å². The molecule has 0 aromatic heterocycles. The molecular formula is C23H31N5O10. The third-order valence-electron chi connectivity index (χ3n) is 4.25. The lowest BCUT2D eigenvalue weighted by molar-refractivity contribution is 0.114. The number of carboxylic acid groups (broad SMARTS) is 1. The molecule has 0 atom stereocenters. The van der Waals surface area contributed by atoms with Crippen LogP contribution in [-0.2, 0) is 18.9 Å². The van der Waals surface area contributed by atoms with Gasteiger partial charge in [-0.05, 0) is 11.1 Å². The van der Waals surface area contributed by atoms with Crippen molar-refractivity contribution < 1.29 is 48.0 Å². The smallest absolute Gasteiger partial charge is 0.404 e. The van der Waals surface area contributed by atoms with Crippen LogP contribution in [0.25, 0.3) is 0 Å². The van der Waals surface area contributed by atoms with Crippen LogP contribution in [0.2, 0.25) is 0 Å². The van der Waals surface area contributed by atoms with Crippen LogP contribution < -0.4 is 28.7 Å². The standard InChI is InChI=1S/2C11H14N2O4.CH3NO2/c2*12-10(14)16-6-9(7-17-11(13)15)8-4-2-1-3-5-8;2-1(3)4/h2*1-5,9H,6-7H2,(H2,12,14)(H2,13,15);2H2,(H,3,4). The molecule has 38 heavy (non-hydrogen) atoms. The number of rotatable bonds is 10. The van der Waals surface area contributed by atoms with Crippen LogP contribution in [0.5, 0.6) is 0 Å². The number of nitrogens with two attached hydrogens (primary N) is 5. The van der Waals surface area contributed by atoms with E-state index in [1.54, 1.807) is 0 Å². The molecule has 5 amide bonds. The van der Waals surface area contributed by atoms with E-state index in [1.807, 2.05) is 60.7 Å². The van der Waals surface area contributed by atoms with E-state index in [-0.39, 0.29) is 38.3 Å². The predicted octanol–water partition coefficient (Wildman–Crippen LogP) is 1.54. The Balaban J connectivity index is 0.000000632. The molecule has 11 N–H and O–H groups in total. The molecule has 0 aliphatic heterocycles. The second kappa shape index (κ2) is 19.0. The van der Waals surface area contributed by atoms with E-state index in [1.165, 1.54) is 0 Å². The van der Waals surface area contributed by atoms with Crippen molar-refractivity contribution >= 4 is 30.5 Å². The summed E-state index contributed by atoms with van der Waals surface area (Å²) in [7, 11) is 0. The highest BCUT2D eigenvalue weighted by Crippen LogP contribution is 2.17. The van der Waals surface area contributed by atoms with Gasteiger partial charge >= 0.3 is 30.5 Å². The van der Waals surface area contributed by atoms with Crippen molar-refractivity contribution in [2.45, 2.75) is 11.8 Å². The van der Waals surface area contributed by atoms with Crippen molar-refractivity contribution in [2.75, 3.05) is 26.4 Å². The zero-order valence-electron chi connectivity index (χ0n) is 20.3. The summed E-state index contributed by atoms with van der Waals surface area (Å²) in [5, 5.41) is 7.19. The summed E-state index contributed by atoms with van der Waals surface area (Å²) >= 11 is 0. The highest BCUT2D eigenvalue weighted by atomic mass is 16.6. The Morgan fingerprint density at radius 1 is 0.526 bits per heavy atom. The van der Waals surface area contributed by atoms with Crippen molar-refractivity contribution in [3.8, 4) is 0 Å². The largest absolute Gasteiger partial charge is 0.465 e. The first-order valence-electron chi connectivity index (χ1n) is 10.7. The van der Waals surface area contributed by atoms with Crippen LogP contribution in [0, 0.1) is 0 Å². The first kappa shape index (κ1) is 32.8. The number of hydrogen-bond donors (Lipinski definition) is 6. The average Bonchev–Trinajstić information content (AvgIpc) is 2.84. The van der Waals surface area contributed by atoms with E-state index in [0.29, 0.717) is 0 Å². The molecule has 0 heterocycles. The second-order valence-corrected chi connectivity index (χ2v) is 7.07. The summed E-state index contributed by atoms with van der Waals surface area (Å²) in [6.45, 7) is 0.137. The third-order valence-corrected chi connectivity index (χ3v) is 4.25. The minimum Gasteiger partial charge on any atom is -0.465 e. The minimum absolute atomic E-state index is 0.0344. The minimum atomic E-state index is -1.33. The number of hydrogen-bond acceptors (Lipinski definition) is 9.